The molecule has 2 saturated heterocycles. The van der Waals surface area contributed by atoms with Gasteiger partial charge in [0.1, 0.15) is 0 Å². The molecule has 3 nitrogen and oxygen atoms in total. The van der Waals surface area contributed by atoms with Gasteiger partial charge in [-0.2, -0.15) is 0 Å². The topological polar surface area (TPSA) is 32.3 Å². The van der Waals surface area contributed by atoms with Gasteiger partial charge < -0.3 is 10.2 Å². The van der Waals surface area contributed by atoms with Gasteiger partial charge in [-0.1, -0.05) is 38.0 Å². The summed E-state index contributed by atoms with van der Waals surface area (Å²) in [6, 6.07) is 10.4. The van der Waals surface area contributed by atoms with E-state index >= 15 is 0 Å². The van der Waals surface area contributed by atoms with Crippen LogP contribution in [-0.2, 0) is 0 Å². The third-order valence-electron chi connectivity index (χ3n) is 4.12. The van der Waals surface area contributed by atoms with E-state index in [1.165, 1.54) is 38.8 Å². The quantitative estimate of drug-likeness (QED) is 0.837. The molecule has 0 saturated carbocycles. The zero-order valence-corrected chi connectivity index (χ0v) is 12.5. The van der Waals surface area contributed by atoms with Crippen molar-refractivity contribution in [2.75, 3.05) is 19.6 Å². The molecular formula is C17H26N2O. The van der Waals surface area contributed by atoms with E-state index in [1.54, 1.807) is 0 Å². The van der Waals surface area contributed by atoms with Crippen LogP contribution in [0.4, 0.5) is 0 Å². The monoisotopic (exact) mass is 274 g/mol. The lowest BCUT2D eigenvalue weighted by Gasteiger charge is -2.50. The molecule has 2 fully saturated rings. The average Bonchev–Trinajstić information content (AvgIpc) is 2.48. The van der Waals surface area contributed by atoms with Crippen molar-refractivity contribution < 1.29 is 4.79 Å². The SMILES string of the molecule is C1CN2CCC12.CCCCCNC(=O)c1ccccc1. The molecule has 0 aromatic heterocycles. The molecule has 0 atom stereocenters. The number of hydrogen-bond acceptors (Lipinski definition) is 2. The van der Waals surface area contributed by atoms with Crippen LogP contribution < -0.4 is 5.32 Å². The van der Waals surface area contributed by atoms with Gasteiger partial charge in [0.2, 0.25) is 0 Å². The predicted octanol–water partition coefficient (Wildman–Crippen LogP) is 3.07. The van der Waals surface area contributed by atoms with Crippen molar-refractivity contribution in [3.05, 3.63) is 35.9 Å². The molecule has 20 heavy (non-hydrogen) atoms. The molecule has 1 aromatic rings. The van der Waals surface area contributed by atoms with Crippen molar-refractivity contribution in [1.82, 2.24) is 10.2 Å². The summed E-state index contributed by atoms with van der Waals surface area (Å²) in [6.45, 7) is 5.72. The maximum absolute atomic E-state index is 11.5. The van der Waals surface area contributed by atoms with Gasteiger partial charge in [-0.05, 0) is 44.5 Å². The number of carbonyl (C=O) groups is 1. The first-order valence-corrected chi connectivity index (χ1v) is 7.88. The molecule has 1 N–H and O–H groups in total. The molecule has 0 aliphatic carbocycles. The third kappa shape index (κ3) is 4.34. The minimum atomic E-state index is 0.0294. The summed E-state index contributed by atoms with van der Waals surface area (Å²) in [5.74, 6) is 0.0294. The zero-order chi connectivity index (χ0) is 14.2. The second-order valence-corrected chi connectivity index (χ2v) is 5.60. The van der Waals surface area contributed by atoms with E-state index in [-0.39, 0.29) is 5.91 Å². The lowest BCUT2D eigenvalue weighted by molar-refractivity contribution is -0.00222. The van der Waals surface area contributed by atoms with E-state index in [1.807, 2.05) is 30.3 Å². The predicted molar refractivity (Wildman–Crippen MR) is 82.9 cm³/mol. The van der Waals surface area contributed by atoms with Gasteiger partial charge in [0.25, 0.3) is 5.91 Å². The molecule has 3 heteroatoms. The summed E-state index contributed by atoms with van der Waals surface area (Å²) in [7, 11) is 0. The molecule has 0 radical (unpaired) electrons. The number of hydrogen-bond donors (Lipinski definition) is 1. The van der Waals surface area contributed by atoms with E-state index in [0.717, 1.165) is 24.6 Å². The van der Waals surface area contributed by atoms with Gasteiger partial charge >= 0.3 is 0 Å². The molecule has 0 spiro atoms. The number of benzene rings is 1. The number of nitrogens with zero attached hydrogens (tertiary/aromatic N) is 1. The normalized spacial score (nSPS) is 17.1. The molecule has 0 bridgehead atoms. The third-order valence-corrected chi connectivity index (χ3v) is 4.12. The van der Waals surface area contributed by atoms with Crippen LogP contribution in [0.2, 0.25) is 0 Å². The van der Waals surface area contributed by atoms with Crippen LogP contribution in [-0.4, -0.2) is 36.5 Å². The van der Waals surface area contributed by atoms with E-state index < -0.39 is 0 Å². The summed E-state index contributed by atoms with van der Waals surface area (Å²) in [4.78, 5) is 14.0. The van der Waals surface area contributed by atoms with Crippen molar-refractivity contribution in [3.8, 4) is 0 Å². The van der Waals surface area contributed by atoms with Crippen LogP contribution in [0.5, 0.6) is 0 Å². The first-order valence-electron chi connectivity index (χ1n) is 7.88. The number of amides is 1. The molecule has 2 heterocycles. The lowest BCUT2D eigenvalue weighted by atomic mass is 9.91. The maximum Gasteiger partial charge on any atom is 0.251 e. The summed E-state index contributed by atoms with van der Waals surface area (Å²) in [5.41, 5.74) is 0.740. The smallest absolute Gasteiger partial charge is 0.251 e. The Kier molecular flexibility index (Phi) is 6.06. The van der Waals surface area contributed by atoms with Crippen molar-refractivity contribution in [1.29, 1.82) is 0 Å². The molecule has 110 valence electrons. The number of rotatable bonds is 5. The Morgan fingerprint density at radius 2 is 1.85 bits per heavy atom. The van der Waals surface area contributed by atoms with Gasteiger partial charge in [0.15, 0.2) is 0 Å². The average molecular weight is 274 g/mol. The fraction of sp³-hybridized carbons (Fsp3) is 0.588. The molecule has 3 rings (SSSR count). The number of carbonyl (C=O) groups excluding carboxylic acids is 1. The van der Waals surface area contributed by atoms with Gasteiger partial charge in [-0.3, -0.25) is 4.79 Å². The highest BCUT2D eigenvalue weighted by atomic mass is 16.1. The largest absolute Gasteiger partial charge is 0.352 e. The second kappa shape index (κ2) is 8.05. The van der Waals surface area contributed by atoms with Crippen LogP contribution in [0, 0.1) is 0 Å². The molecule has 2 aliphatic rings. The highest BCUT2D eigenvalue weighted by Crippen LogP contribution is 2.28. The number of piperidine rings is 1. The first-order chi connectivity index (χ1) is 9.81. The van der Waals surface area contributed by atoms with E-state index in [4.69, 9.17) is 0 Å². The maximum atomic E-state index is 11.5. The van der Waals surface area contributed by atoms with Crippen LogP contribution in [0.3, 0.4) is 0 Å². The Hall–Kier alpha value is -1.35. The molecule has 1 amide bonds. The Morgan fingerprint density at radius 1 is 1.20 bits per heavy atom. The summed E-state index contributed by atoms with van der Waals surface area (Å²) in [5, 5.41) is 2.89. The molecule has 1 aromatic carbocycles. The highest BCUT2D eigenvalue weighted by Gasteiger charge is 2.34. The van der Waals surface area contributed by atoms with Gasteiger partial charge in [0, 0.05) is 18.2 Å². The lowest BCUT2D eigenvalue weighted by Crippen LogP contribution is -2.57. The minimum absolute atomic E-state index is 0.0294. The zero-order valence-electron chi connectivity index (χ0n) is 12.5. The van der Waals surface area contributed by atoms with Crippen LogP contribution in [0.25, 0.3) is 0 Å². The van der Waals surface area contributed by atoms with Gasteiger partial charge in [-0.15, -0.1) is 0 Å². The van der Waals surface area contributed by atoms with Crippen molar-refractivity contribution in [2.24, 2.45) is 0 Å². The van der Waals surface area contributed by atoms with Gasteiger partial charge in [0.05, 0.1) is 0 Å². The van der Waals surface area contributed by atoms with Crippen molar-refractivity contribution >= 4 is 5.91 Å². The Labute approximate surface area is 122 Å². The Balaban J connectivity index is 0.000000198. The number of nitrogens with one attached hydrogen (secondary N) is 1. The Bertz CT molecular complexity index is 387. The number of fused-ring (bicyclic) bond motifs is 1. The van der Waals surface area contributed by atoms with Crippen molar-refractivity contribution in [3.63, 3.8) is 0 Å². The fourth-order valence-electron chi connectivity index (χ4n) is 2.51. The summed E-state index contributed by atoms with van der Waals surface area (Å²) >= 11 is 0. The summed E-state index contributed by atoms with van der Waals surface area (Å²) in [6.07, 6.45) is 6.39. The van der Waals surface area contributed by atoms with Crippen LogP contribution in [0.15, 0.2) is 30.3 Å². The van der Waals surface area contributed by atoms with Crippen LogP contribution >= 0.6 is 0 Å². The summed E-state index contributed by atoms with van der Waals surface area (Å²) < 4.78 is 0. The minimum Gasteiger partial charge on any atom is -0.352 e. The molecule has 0 unspecified atom stereocenters. The first kappa shape index (κ1) is 15.0. The van der Waals surface area contributed by atoms with Gasteiger partial charge in [-0.25, -0.2) is 0 Å². The van der Waals surface area contributed by atoms with E-state index in [2.05, 4.69) is 17.1 Å². The van der Waals surface area contributed by atoms with Crippen LogP contribution in [0.1, 0.15) is 49.4 Å². The molecule has 2 aliphatic heterocycles. The van der Waals surface area contributed by atoms with E-state index in [0.29, 0.717) is 0 Å². The van der Waals surface area contributed by atoms with E-state index in [9.17, 15) is 4.79 Å². The highest BCUT2D eigenvalue weighted by molar-refractivity contribution is 5.94. The standard InChI is InChI=1S/C12H17NO.C5H9N/c1-2-3-7-10-13-12(14)11-8-5-4-6-9-11;1-3-6-4-2-5(1)6/h4-6,8-9H,2-3,7,10H2,1H3,(H,13,14);5H,1-4H2. The fourth-order valence-corrected chi connectivity index (χ4v) is 2.51. The Morgan fingerprint density at radius 3 is 2.30 bits per heavy atom. The number of unbranched alkanes of at least 4 members (excludes halogenated alkanes) is 2. The second-order valence-electron chi connectivity index (χ2n) is 5.60. The van der Waals surface area contributed by atoms with Crippen molar-refractivity contribution in [2.45, 2.75) is 45.1 Å². The molecular weight excluding hydrogens is 248 g/mol.